The minimum Gasteiger partial charge on any atom is -0.504 e. The maximum absolute atomic E-state index is 12.1. The molecule has 0 aliphatic carbocycles. The summed E-state index contributed by atoms with van der Waals surface area (Å²) in [6.45, 7) is 1.45. The van der Waals surface area contributed by atoms with Crippen molar-refractivity contribution in [3.8, 4) is 17.2 Å². The van der Waals surface area contributed by atoms with E-state index < -0.39 is 24.1 Å². The molecule has 0 aromatic heterocycles. The monoisotopic (exact) mass is 389 g/mol. The number of nitrogens with two attached hydrogens (primary N) is 1. The van der Waals surface area contributed by atoms with Crippen LogP contribution in [0.5, 0.6) is 17.2 Å². The molecule has 0 aliphatic heterocycles. The van der Waals surface area contributed by atoms with E-state index in [1.165, 1.54) is 19.2 Å². The number of benzene rings is 2. The van der Waals surface area contributed by atoms with Gasteiger partial charge < -0.3 is 30.2 Å². The average Bonchev–Trinajstić information content (AvgIpc) is 2.68. The van der Waals surface area contributed by atoms with Gasteiger partial charge in [0.1, 0.15) is 24.5 Å². The first-order valence-electron chi connectivity index (χ1n) is 8.58. The van der Waals surface area contributed by atoms with Gasteiger partial charge in [-0.05, 0) is 55.3 Å². The molecule has 8 nitrogen and oxygen atoms in total. The highest BCUT2D eigenvalue weighted by molar-refractivity contribution is 5.89. The summed E-state index contributed by atoms with van der Waals surface area (Å²) in [7, 11) is 1.53. The molecule has 1 unspecified atom stereocenters. The number of aromatic hydroxyl groups is 2. The number of phenolic OH excluding ortho intramolecular Hbond substituents is 2. The van der Waals surface area contributed by atoms with Crippen LogP contribution in [0, 0.1) is 0 Å². The quantitative estimate of drug-likeness (QED) is 0.460. The topological polar surface area (TPSA) is 128 Å². The lowest BCUT2D eigenvalue weighted by atomic mass is 10.1. The Bertz CT molecular complexity index is 820. The summed E-state index contributed by atoms with van der Waals surface area (Å²) in [6, 6.07) is 9.63. The van der Waals surface area contributed by atoms with E-state index in [1.807, 2.05) is 0 Å². The maximum atomic E-state index is 12.1. The van der Waals surface area contributed by atoms with Crippen molar-refractivity contribution in [2.45, 2.75) is 25.5 Å². The molecular weight excluding hydrogens is 366 g/mol. The molecule has 0 fully saturated rings. The number of rotatable bonds is 8. The molecule has 2 atom stereocenters. The van der Waals surface area contributed by atoms with Gasteiger partial charge in [0, 0.05) is 0 Å². The van der Waals surface area contributed by atoms with Crippen LogP contribution < -0.4 is 10.5 Å². The molecule has 2 aromatic rings. The van der Waals surface area contributed by atoms with E-state index in [1.54, 1.807) is 37.3 Å². The van der Waals surface area contributed by atoms with Crippen molar-refractivity contribution >= 4 is 11.9 Å². The van der Waals surface area contributed by atoms with Gasteiger partial charge in [-0.3, -0.25) is 4.79 Å². The molecule has 0 radical (unpaired) electrons. The molecule has 0 saturated heterocycles. The van der Waals surface area contributed by atoms with Crippen LogP contribution in [0.1, 0.15) is 22.8 Å². The molecular formula is C20H23NO7. The van der Waals surface area contributed by atoms with Crippen molar-refractivity contribution in [2.24, 2.45) is 5.73 Å². The van der Waals surface area contributed by atoms with Crippen LogP contribution in [0.2, 0.25) is 0 Å². The van der Waals surface area contributed by atoms with Crippen LogP contribution in [0.15, 0.2) is 42.5 Å². The number of carbonyl (C=O) groups is 2. The fourth-order valence-electron chi connectivity index (χ4n) is 2.35. The Labute approximate surface area is 162 Å². The van der Waals surface area contributed by atoms with Gasteiger partial charge in [0.2, 0.25) is 0 Å². The van der Waals surface area contributed by atoms with Crippen LogP contribution in [-0.2, 0) is 20.7 Å². The zero-order valence-corrected chi connectivity index (χ0v) is 15.6. The van der Waals surface area contributed by atoms with Gasteiger partial charge >= 0.3 is 11.9 Å². The van der Waals surface area contributed by atoms with Gasteiger partial charge in [-0.2, -0.15) is 0 Å². The van der Waals surface area contributed by atoms with E-state index in [2.05, 4.69) is 0 Å². The third-order valence-corrected chi connectivity index (χ3v) is 3.89. The first-order valence-corrected chi connectivity index (χ1v) is 8.58. The Morgan fingerprint density at radius 1 is 1.07 bits per heavy atom. The van der Waals surface area contributed by atoms with Gasteiger partial charge in [-0.15, -0.1) is 0 Å². The van der Waals surface area contributed by atoms with Crippen molar-refractivity contribution in [2.75, 3.05) is 13.7 Å². The Morgan fingerprint density at radius 3 is 2.36 bits per heavy atom. The number of hydrogen-bond donors (Lipinski definition) is 3. The number of esters is 2. The first-order chi connectivity index (χ1) is 13.3. The predicted molar refractivity (Wildman–Crippen MR) is 100 cm³/mol. The van der Waals surface area contributed by atoms with E-state index >= 15 is 0 Å². The summed E-state index contributed by atoms with van der Waals surface area (Å²) < 4.78 is 15.3. The Kier molecular flexibility index (Phi) is 7.22. The van der Waals surface area contributed by atoms with Crippen molar-refractivity contribution < 1.29 is 34.0 Å². The molecule has 0 spiro atoms. The molecule has 0 saturated carbocycles. The zero-order chi connectivity index (χ0) is 20.7. The van der Waals surface area contributed by atoms with E-state index in [4.69, 9.17) is 19.9 Å². The normalized spacial score (nSPS) is 12.7. The van der Waals surface area contributed by atoms with Crippen LogP contribution in [-0.4, -0.2) is 48.0 Å². The second-order valence-electron chi connectivity index (χ2n) is 6.21. The van der Waals surface area contributed by atoms with Gasteiger partial charge in [0.15, 0.2) is 11.5 Å². The highest BCUT2D eigenvalue weighted by atomic mass is 16.6. The predicted octanol–water partition coefficient (Wildman–Crippen LogP) is 1.76. The Hall–Kier alpha value is -3.26. The van der Waals surface area contributed by atoms with Crippen LogP contribution in [0.4, 0.5) is 0 Å². The first kappa shape index (κ1) is 21.0. The fraction of sp³-hybridized carbons (Fsp3) is 0.300. The lowest BCUT2D eigenvalue weighted by Crippen LogP contribution is -2.36. The highest BCUT2D eigenvalue weighted by Crippen LogP contribution is 2.25. The minimum absolute atomic E-state index is 0.118. The highest BCUT2D eigenvalue weighted by Gasteiger charge is 2.19. The molecule has 4 N–H and O–H groups in total. The summed E-state index contributed by atoms with van der Waals surface area (Å²) in [5, 5.41) is 18.8. The van der Waals surface area contributed by atoms with E-state index in [0.29, 0.717) is 16.9 Å². The summed E-state index contributed by atoms with van der Waals surface area (Å²) in [6.07, 6.45) is -0.546. The zero-order valence-electron chi connectivity index (χ0n) is 15.6. The van der Waals surface area contributed by atoms with Crippen molar-refractivity contribution in [1.29, 1.82) is 0 Å². The SMILES string of the molecule is COc1ccc(C(=O)OC(C)COC(=O)[C@@H](N)Cc2ccc(O)c(O)c2)cc1. The summed E-state index contributed by atoms with van der Waals surface area (Å²) in [4.78, 5) is 24.1. The van der Waals surface area contributed by atoms with E-state index in [0.717, 1.165) is 0 Å². The van der Waals surface area contributed by atoms with Gasteiger partial charge in [-0.1, -0.05) is 6.07 Å². The fourth-order valence-corrected chi connectivity index (χ4v) is 2.35. The molecule has 0 amide bonds. The Morgan fingerprint density at radius 2 is 1.75 bits per heavy atom. The second-order valence-corrected chi connectivity index (χ2v) is 6.21. The van der Waals surface area contributed by atoms with Crippen molar-refractivity contribution in [1.82, 2.24) is 0 Å². The summed E-state index contributed by atoms with van der Waals surface area (Å²) >= 11 is 0. The number of carbonyl (C=O) groups excluding carboxylic acids is 2. The smallest absolute Gasteiger partial charge is 0.338 e. The summed E-state index contributed by atoms with van der Waals surface area (Å²) in [5.41, 5.74) is 6.72. The molecule has 150 valence electrons. The van der Waals surface area contributed by atoms with Crippen LogP contribution >= 0.6 is 0 Å². The van der Waals surface area contributed by atoms with Gasteiger partial charge in [0.25, 0.3) is 0 Å². The maximum Gasteiger partial charge on any atom is 0.338 e. The Balaban J connectivity index is 1.80. The van der Waals surface area contributed by atoms with E-state index in [-0.39, 0.29) is 24.5 Å². The van der Waals surface area contributed by atoms with Crippen LogP contribution in [0.3, 0.4) is 0 Å². The molecule has 2 rings (SSSR count). The number of hydrogen-bond acceptors (Lipinski definition) is 8. The minimum atomic E-state index is -0.964. The van der Waals surface area contributed by atoms with E-state index in [9.17, 15) is 19.8 Å². The number of ether oxygens (including phenoxy) is 3. The van der Waals surface area contributed by atoms with Crippen LogP contribution in [0.25, 0.3) is 0 Å². The molecule has 0 aliphatic rings. The third kappa shape index (κ3) is 5.88. The molecule has 8 heteroatoms. The van der Waals surface area contributed by atoms with Crippen molar-refractivity contribution in [3.05, 3.63) is 53.6 Å². The molecule has 28 heavy (non-hydrogen) atoms. The number of methoxy groups -OCH3 is 1. The largest absolute Gasteiger partial charge is 0.504 e. The third-order valence-electron chi connectivity index (χ3n) is 3.89. The van der Waals surface area contributed by atoms with Gasteiger partial charge in [0.05, 0.1) is 12.7 Å². The number of phenols is 2. The molecule has 0 bridgehead atoms. The van der Waals surface area contributed by atoms with Crippen molar-refractivity contribution in [3.63, 3.8) is 0 Å². The lowest BCUT2D eigenvalue weighted by molar-refractivity contribution is -0.148. The second kappa shape index (κ2) is 9.61. The molecule has 2 aromatic carbocycles. The average molecular weight is 389 g/mol. The van der Waals surface area contributed by atoms with Gasteiger partial charge in [-0.25, -0.2) is 4.79 Å². The standard InChI is InChI=1S/C20H23NO7/c1-12(28-19(24)14-4-6-15(26-2)7-5-14)11-27-20(25)16(21)9-13-3-8-17(22)18(23)10-13/h3-8,10,12,16,22-23H,9,11,21H2,1-2H3/t12?,16-/m0/s1. The summed E-state index contributed by atoms with van der Waals surface area (Å²) in [5.74, 6) is -1.14. The lowest BCUT2D eigenvalue weighted by Gasteiger charge is -2.16. The molecule has 0 heterocycles.